The molecule has 0 radical (unpaired) electrons. The van der Waals surface area contributed by atoms with Gasteiger partial charge in [0.2, 0.25) is 0 Å². The van der Waals surface area contributed by atoms with Crippen molar-refractivity contribution in [3.8, 4) is 0 Å². The zero-order valence-electron chi connectivity index (χ0n) is 16.4. The van der Waals surface area contributed by atoms with E-state index in [-0.39, 0.29) is 29.3 Å². The zero-order valence-corrected chi connectivity index (χ0v) is 16.4. The third-order valence-corrected chi connectivity index (χ3v) is 4.66. The molecule has 0 saturated carbocycles. The average Bonchev–Trinajstić information content (AvgIpc) is 2.69. The van der Waals surface area contributed by atoms with Gasteiger partial charge in [-0.3, -0.25) is 9.78 Å². The van der Waals surface area contributed by atoms with Crippen LogP contribution in [0.4, 0.5) is 21.7 Å². The molecule has 0 fully saturated rings. The van der Waals surface area contributed by atoms with E-state index >= 15 is 0 Å². The predicted octanol–water partition coefficient (Wildman–Crippen LogP) is 3.54. The van der Waals surface area contributed by atoms with Gasteiger partial charge in [0.25, 0.3) is 5.91 Å². The molecule has 8 heteroatoms. The Kier molecular flexibility index (Phi) is 6.23. The predicted molar refractivity (Wildman–Crippen MR) is 114 cm³/mol. The van der Waals surface area contributed by atoms with Crippen molar-refractivity contribution >= 4 is 34.1 Å². The topological polar surface area (TPSA) is 119 Å². The molecule has 3 rings (SSSR count). The Bertz CT molecular complexity index is 1020. The standard InChI is InChI=1S/C21H25FN6O/c1-3-5-17(12(2)23)27-21-16(22)11-15(19(24)29)20(28-21)26-14-7-8-18-13(10-14)6-4-9-25-18/h4,6-12,17H,3,5,23H2,1-2H3,(H2,24,29)(H2,26,27,28)/t12-,17+/m0/s1. The molecule has 2 aromatic heterocycles. The van der Waals surface area contributed by atoms with Gasteiger partial charge in [0.15, 0.2) is 11.6 Å². The van der Waals surface area contributed by atoms with Crippen molar-refractivity contribution < 1.29 is 9.18 Å². The summed E-state index contributed by atoms with van der Waals surface area (Å²) in [6.07, 6.45) is 3.36. The van der Waals surface area contributed by atoms with Crippen molar-refractivity contribution in [3.63, 3.8) is 0 Å². The van der Waals surface area contributed by atoms with Crippen LogP contribution >= 0.6 is 0 Å². The van der Waals surface area contributed by atoms with Gasteiger partial charge in [0, 0.05) is 29.4 Å². The summed E-state index contributed by atoms with van der Waals surface area (Å²) < 4.78 is 14.6. The summed E-state index contributed by atoms with van der Waals surface area (Å²) in [5, 5.41) is 7.04. The summed E-state index contributed by atoms with van der Waals surface area (Å²) in [6.45, 7) is 3.88. The second-order valence-corrected chi connectivity index (χ2v) is 7.01. The van der Waals surface area contributed by atoms with Crippen LogP contribution in [-0.2, 0) is 0 Å². The summed E-state index contributed by atoms with van der Waals surface area (Å²) >= 11 is 0. The number of carbonyl (C=O) groups is 1. The Labute approximate surface area is 168 Å². The molecular formula is C21H25FN6O. The first kappa shape index (κ1) is 20.5. The number of hydrogen-bond acceptors (Lipinski definition) is 6. The number of nitrogens with zero attached hydrogens (tertiary/aromatic N) is 2. The van der Waals surface area contributed by atoms with Crippen molar-refractivity contribution in [2.75, 3.05) is 10.6 Å². The van der Waals surface area contributed by atoms with Crippen LogP contribution in [0.25, 0.3) is 10.9 Å². The number of benzene rings is 1. The highest BCUT2D eigenvalue weighted by Crippen LogP contribution is 2.26. The number of amides is 1. The number of anilines is 3. The number of rotatable bonds is 8. The average molecular weight is 396 g/mol. The van der Waals surface area contributed by atoms with Gasteiger partial charge in [-0.2, -0.15) is 0 Å². The number of halogens is 1. The molecule has 0 aliphatic rings. The maximum absolute atomic E-state index is 14.6. The molecule has 0 aliphatic heterocycles. The first-order chi connectivity index (χ1) is 13.9. The number of aromatic nitrogens is 2. The highest BCUT2D eigenvalue weighted by atomic mass is 19.1. The third-order valence-electron chi connectivity index (χ3n) is 4.66. The molecule has 0 saturated heterocycles. The van der Waals surface area contributed by atoms with Gasteiger partial charge in [-0.05, 0) is 43.7 Å². The SMILES string of the molecule is CCC[C@@H](Nc1nc(Nc2ccc3ncccc3c2)c(C(N)=O)cc1F)[C@H](C)N. The molecule has 2 atom stereocenters. The molecule has 29 heavy (non-hydrogen) atoms. The molecular weight excluding hydrogens is 371 g/mol. The fraction of sp³-hybridized carbons (Fsp3) is 0.286. The molecule has 0 bridgehead atoms. The highest BCUT2D eigenvalue weighted by molar-refractivity contribution is 5.99. The molecule has 0 unspecified atom stereocenters. The van der Waals surface area contributed by atoms with Crippen LogP contribution in [0.2, 0.25) is 0 Å². The van der Waals surface area contributed by atoms with Gasteiger partial charge in [-0.1, -0.05) is 19.4 Å². The number of hydrogen-bond donors (Lipinski definition) is 4. The first-order valence-electron chi connectivity index (χ1n) is 9.53. The fourth-order valence-electron chi connectivity index (χ4n) is 3.12. The van der Waals surface area contributed by atoms with Crippen LogP contribution in [0.15, 0.2) is 42.6 Å². The second-order valence-electron chi connectivity index (χ2n) is 7.01. The summed E-state index contributed by atoms with van der Waals surface area (Å²) in [5.74, 6) is -1.24. The van der Waals surface area contributed by atoms with E-state index in [1.165, 1.54) is 0 Å². The minimum absolute atomic E-state index is 0.0238. The second kappa shape index (κ2) is 8.83. The van der Waals surface area contributed by atoms with E-state index in [2.05, 4.69) is 20.6 Å². The van der Waals surface area contributed by atoms with E-state index < -0.39 is 11.7 Å². The Hall–Kier alpha value is -3.26. The number of fused-ring (bicyclic) bond motifs is 1. The quantitative estimate of drug-likeness (QED) is 0.462. The minimum atomic E-state index is -0.773. The lowest BCUT2D eigenvalue weighted by atomic mass is 10.1. The maximum Gasteiger partial charge on any atom is 0.252 e. The first-order valence-corrected chi connectivity index (χ1v) is 9.53. The summed E-state index contributed by atoms with van der Waals surface area (Å²) in [5.41, 5.74) is 12.9. The van der Waals surface area contributed by atoms with E-state index in [4.69, 9.17) is 11.5 Å². The van der Waals surface area contributed by atoms with E-state index in [1.807, 2.05) is 38.1 Å². The molecule has 0 spiro atoms. The molecule has 2 heterocycles. The third kappa shape index (κ3) is 4.78. The summed E-state index contributed by atoms with van der Waals surface area (Å²) in [7, 11) is 0. The maximum atomic E-state index is 14.6. The van der Waals surface area contributed by atoms with Crippen LogP contribution in [0.3, 0.4) is 0 Å². The zero-order chi connectivity index (χ0) is 21.0. The number of pyridine rings is 2. The molecule has 152 valence electrons. The van der Waals surface area contributed by atoms with Crippen LogP contribution in [-0.4, -0.2) is 28.0 Å². The van der Waals surface area contributed by atoms with Crippen LogP contribution < -0.4 is 22.1 Å². The number of primary amides is 1. The van der Waals surface area contributed by atoms with Gasteiger partial charge in [0.1, 0.15) is 5.82 Å². The largest absolute Gasteiger partial charge is 0.365 e. The van der Waals surface area contributed by atoms with Gasteiger partial charge < -0.3 is 22.1 Å². The monoisotopic (exact) mass is 396 g/mol. The lowest BCUT2D eigenvalue weighted by Gasteiger charge is -2.23. The van der Waals surface area contributed by atoms with E-state index in [1.54, 1.807) is 12.3 Å². The van der Waals surface area contributed by atoms with E-state index in [0.717, 1.165) is 29.8 Å². The van der Waals surface area contributed by atoms with Crippen LogP contribution in [0.1, 0.15) is 37.0 Å². The molecule has 1 amide bonds. The van der Waals surface area contributed by atoms with Gasteiger partial charge >= 0.3 is 0 Å². The lowest BCUT2D eigenvalue weighted by molar-refractivity contribution is 0.100. The molecule has 0 aliphatic carbocycles. The van der Waals surface area contributed by atoms with Crippen molar-refractivity contribution in [1.82, 2.24) is 9.97 Å². The lowest BCUT2D eigenvalue weighted by Crippen LogP contribution is -2.38. The van der Waals surface area contributed by atoms with E-state index in [0.29, 0.717) is 5.69 Å². The van der Waals surface area contributed by atoms with Crippen molar-refractivity contribution in [2.24, 2.45) is 11.5 Å². The number of nitrogens with two attached hydrogens (primary N) is 2. The fourth-order valence-corrected chi connectivity index (χ4v) is 3.12. The molecule has 7 nitrogen and oxygen atoms in total. The summed E-state index contributed by atoms with van der Waals surface area (Å²) in [6, 6.07) is 10.0. The Balaban J connectivity index is 1.97. The minimum Gasteiger partial charge on any atom is -0.365 e. The van der Waals surface area contributed by atoms with Crippen LogP contribution in [0.5, 0.6) is 0 Å². The Morgan fingerprint density at radius 2 is 2.03 bits per heavy atom. The smallest absolute Gasteiger partial charge is 0.252 e. The number of nitrogens with one attached hydrogen (secondary N) is 2. The number of carbonyl (C=O) groups excluding carboxylic acids is 1. The van der Waals surface area contributed by atoms with Crippen LogP contribution in [0, 0.1) is 5.82 Å². The molecule has 6 N–H and O–H groups in total. The summed E-state index contributed by atoms with van der Waals surface area (Å²) in [4.78, 5) is 20.4. The van der Waals surface area contributed by atoms with Gasteiger partial charge in [0.05, 0.1) is 11.1 Å². The van der Waals surface area contributed by atoms with Crippen molar-refractivity contribution in [3.05, 3.63) is 54.0 Å². The Morgan fingerprint density at radius 1 is 1.24 bits per heavy atom. The Morgan fingerprint density at radius 3 is 2.72 bits per heavy atom. The van der Waals surface area contributed by atoms with Crippen molar-refractivity contribution in [1.29, 1.82) is 0 Å². The van der Waals surface area contributed by atoms with Gasteiger partial charge in [-0.15, -0.1) is 0 Å². The van der Waals surface area contributed by atoms with Gasteiger partial charge in [-0.25, -0.2) is 9.37 Å². The normalized spacial score (nSPS) is 13.1. The van der Waals surface area contributed by atoms with Crippen molar-refractivity contribution in [2.45, 2.75) is 38.8 Å². The highest BCUT2D eigenvalue weighted by Gasteiger charge is 2.20. The van der Waals surface area contributed by atoms with E-state index in [9.17, 15) is 9.18 Å². The molecule has 1 aromatic carbocycles. The molecule has 3 aromatic rings.